The predicted molar refractivity (Wildman–Crippen MR) is 157 cm³/mol. The van der Waals surface area contributed by atoms with Gasteiger partial charge in [0.2, 0.25) is 12.3 Å². The van der Waals surface area contributed by atoms with Crippen LogP contribution in [0.15, 0.2) is 22.7 Å². The van der Waals surface area contributed by atoms with Crippen molar-refractivity contribution in [1.82, 2.24) is 14.9 Å². The van der Waals surface area contributed by atoms with Crippen LogP contribution in [0.5, 0.6) is 0 Å². The minimum Gasteiger partial charge on any atom is -0.481 e. The summed E-state index contributed by atoms with van der Waals surface area (Å²) in [6.45, 7) is 7.69. The van der Waals surface area contributed by atoms with E-state index >= 15 is 0 Å². The zero-order valence-corrected chi connectivity index (χ0v) is 25.2. The third kappa shape index (κ3) is 8.63. The molecule has 0 aromatic carbocycles. The number of amides is 2. The summed E-state index contributed by atoms with van der Waals surface area (Å²) in [6, 6.07) is 3.78. The van der Waals surface area contributed by atoms with Crippen LogP contribution >= 0.6 is 0 Å². The number of aryl methyl sites for hydroxylation is 1. The average Bonchev–Trinajstić information content (AvgIpc) is 3.24. The van der Waals surface area contributed by atoms with E-state index < -0.39 is 17.8 Å². The monoisotopic (exact) mass is 622 g/mol. The number of carboxylic acid groups (broad SMARTS) is 1. The molecule has 1 saturated carbocycles. The molecule has 0 bridgehead atoms. The van der Waals surface area contributed by atoms with Gasteiger partial charge in [-0.25, -0.2) is 4.98 Å². The number of carbonyl (C=O) groups is 3. The molecule has 4 heterocycles. The highest BCUT2D eigenvalue weighted by Gasteiger charge is 2.38. The molecule has 2 aromatic rings. The molecule has 2 saturated heterocycles. The van der Waals surface area contributed by atoms with Crippen LogP contribution in [0.3, 0.4) is 0 Å². The number of hydrogen-bond acceptors (Lipinski definition) is 8. The van der Waals surface area contributed by atoms with Gasteiger partial charge in [-0.1, -0.05) is 6.92 Å². The number of hydrogen-bond donors (Lipinski definition) is 2. The van der Waals surface area contributed by atoms with Gasteiger partial charge in [-0.05, 0) is 69.9 Å². The maximum atomic E-state index is 12.8. The van der Waals surface area contributed by atoms with E-state index in [1.165, 1.54) is 6.92 Å². The molecule has 242 valence electrons. The van der Waals surface area contributed by atoms with Gasteiger partial charge in [0.25, 0.3) is 6.01 Å². The lowest BCUT2D eigenvalue weighted by Gasteiger charge is -2.30. The molecule has 1 unspecified atom stereocenters. The third-order valence-corrected chi connectivity index (χ3v) is 8.51. The molecule has 2 N–H and O–H groups in total. The van der Waals surface area contributed by atoms with Crippen LogP contribution in [0.1, 0.15) is 63.3 Å². The zero-order chi connectivity index (χ0) is 31.9. The lowest BCUT2D eigenvalue weighted by molar-refractivity contribution is -0.145. The second-order valence-corrected chi connectivity index (χ2v) is 11.8. The molecule has 2 amide bonds. The van der Waals surface area contributed by atoms with Crippen LogP contribution in [-0.2, 0) is 20.6 Å². The molecule has 14 heteroatoms. The van der Waals surface area contributed by atoms with Gasteiger partial charge in [0.15, 0.2) is 5.69 Å². The number of carbonyl (C=O) groups excluding carboxylic acids is 2. The summed E-state index contributed by atoms with van der Waals surface area (Å²) in [6.07, 6.45) is 3.26. The van der Waals surface area contributed by atoms with E-state index in [4.69, 9.17) is 9.52 Å². The molecular formula is C30H41F3N6O5. The lowest BCUT2D eigenvalue weighted by atomic mass is 9.81. The molecule has 0 radical (unpaired) electrons. The number of rotatable bonds is 6. The maximum absolute atomic E-state index is 12.8. The molecule has 2 aliphatic heterocycles. The van der Waals surface area contributed by atoms with Crippen molar-refractivity contribution < 1.29 is 37.1 Å². The molecule has 5 rings (SSSR count). The number of aliphatic carboxylic acids is 1. The zero-order valence-electron chi connectivity index (χ0n) is 25.2. The number of pyridine rings is 1. The van der Waals surface area contributed by atoms with Crippen LogP contribution in [0.4, 0.5) is 30.7 Å². The molecule has 3 aliphatic rings. The fourth-order valence-electron chi connectivity index (χ4n) is 6.08. The van der Waals surface area contributed by atoms with Gasteiger partial charge in [0.05, 0.1) is 17.8 Å². The Morgan fingerprint density at radius 2 is 1.70 bits per heavy atom. The van der Waals surface area contributed by atoms with Gasteiger partial charge in [-0.3, -0.25) is 14.4 Å². The summed E-state index contributed by atoms with van der Waals surface area (Å²) in [7, 11) is 0. The second kappa shape index (κ2) is 14.8. The smallest absolute Gasteiger partial charge is 0.436 e. The molecule has 2 aromatic heterocycles. The van der Waals surface area contributed by atoms with Crippen LogP contribution in [0.25, 0.3) is 0 Å². The van der Waals surface area contributed by atoms with Crippen LogP contribution in [0, 0.1) is 24.7 Å². The number of piperidine rings is 1. The maximum Gasteiger partial charge on any atom is 0.436 e. The van der Waals surface area contributed by atoms with Crippen molar-refractivity contribution in [2.24, 2.45) is 17.8 Å². The van der Waals surface area contributed by atoms with E-state index in [0.29, 0.717) is 69.9 Å². The van der Waals surface area contributed by atoms with Gasteiger partial charge in [0, 0.05) is 45.2 Å². The molecule has 1 aliphatic carbocycles. The number of aromatic nitrogens is 2. The number of anilines is 3. The van der Waals surface area contributed by atoms with E-state index in [2.05, 4.69) is 27.1 Å². The van der Waals surface area contributed by atoms with E-state index in [0.717, 1.165) is 38.2 Å². The molecule has 1 atom stereocenters. The van der Waals surface area contributed by atoms with E-state index in [9.17, 15) is 27.6 Å². The van der Waals surface area contributed by atoms with Gasteiger partial charge < -0.3 is 29.5 Å². The quantitative estimate of drug-likeness (QED) is 0.436. The number of alkyl halides is 3. The van der Waals surface area contributed by atoms with Gasteiger partial charge in [-0.2, -0.15) is 18.2 Å². The van der Waals surface area contributed by atoms with Crippen LogP contribution < -0.4 is 15.1 Å². The SMILES string of the molecule is Cc1oc(N2CCCC(C)C2)nc1C(F)(F)F.O=CNc1ccc(N2CCCN(C(=O)C3CCC(C(=O)O)CC3)CC2)nc1. The van der Waals surface area contributed by atoms with Crippen molar-refractivity contribution in [1.29, 1.82) is 0 Å². The van der Waals surface area contributed by atoms with Gasteiger partial charge in [0.1, 0.15) is 11.6 Å². The summed E-state index contributed by atoms with van der Waals surface area (Å²) in [5.41, 5.74) is -0.261. The number of oxazole rings is 1. The first-order valence-electron chi connectivity index (χ1n) is 15.2. The normalized spacial score (nSPS) is 22.8. The number of nitrogens with zero attached hydrogens (tertiary/aromatic N) is 5. The molecular weight excluding hydrogens is 581 g/mol. The largest absolute Gasteiger partial charge is 0.481 e. The Bertz CT molecular complexity index is 1260. The van der Waals surface area contributed by atoms with Crippen LogP contribution in [-0.4, -0.2) is 77.5 Å². The first-order valence-corrected chi connectivity index (χ1v) is 15.2. The van der Waals surface area contributed by atoms with E-state index in [-0.39, 0.29) is 29.5 Å². The Balaban J connectivity index is 0.000000223. The van der Waals surface area contributed by atoms with Crippen molar-refractivity contribution in [3.05, 3.63) is 29.8 Å². The summed E-state index contributed by atoms with van der Waals surface area (Å²) < 4.78 is 42.8. The van der Waals surface area contributed by atoms with E-state index in [1.807, 2.05) is 17.0 Å². The summed E-state index contributed by atoms with van der Waals surface area (Å²) in [5, 5.41) is 11.7. The van der Waals surface area contributed by atoms with Crippen molar-refractivity contribution in [3.63, 3.8) is 0 Å². The highest BCUT2D eigenvalue weighted by Crippen LogP contribution is 2.34. The minimum atomic E-state index is -4.44. The number of halogens is 3. The Morgan fingerprint density at radius 3 is 2.30 bits per heavy atom. The average molecular weight is 623 g/mol. The standard InChI is InChI=1S/C19H26N4O4.C11H15F3N2O/c24-13-21-16-6-7-17(20-12-16)22-8-1-9-23(11-10-22)18(25)14-2-4-15(5-3-14)19(26)27;1-7-4-3-5-16(6-7)10-15-9(8(2)17-10)11(12,13)14/h6-7,12-15H,1-5,8-11H2,(H,21,24)(H,26,27);7H,3-6H2,1-2H3. The van der Waals surface area contributed by atoms with Gasteiger partial charge >= 0.3 is 12.1 Å². The fourth-order valence-corrected chi connectivity index (χ4v) is 6.08. The Morgan fingerprint density at radius 1 is 1.00 bits per heavy atom. The number of carboxylic acids is 1. The van der Waals surface area contributed by atoms with Crippen molar-refractivity contribution >= 4 is 35.8 Å². The topological polar surface area (TPSA) is 132 Å². The number of nitrogens with one attached hydrogen (secondary N) is 1. The predicted octanol–water partition coefficient (Wildman–Crippen LogP) is 4.82. The fraction of sp³-hybridized carbons (Fsp3) is 0.633. The van der Waals surface area contributed by atoms with Crippen LogP contribution in [0.2, 0.25) is 0 Å². The summed E-state index contributed by atoms with van der Waals surface area (Å²) in [4.78, 5) is 48.2. The van der Waals surface area contributed by atoms with Gasteiger partial charge in [-0.15, -0.1) is 0 Å². The van der Waals surface area contributed by atoms with E-state index in [1.54, 1.807) is 11.1 Å². The Hall–Kier alpha value is -3.84. The second-order valence-electron chi connectivity index (χ2n) is 11.8. The lowest BCUT2D eigenvalue weighted by Crippen LogP contribution is -2.40. The van der Waals surface area contributed by atoms with Crippen molar-refractivity contribution in [2.75, 3.05) is 54.4 Å². The third-order valence-electron chi connectivity index (χ3n) is 8.51. The first kappa shape index (κ1) is 33.1. The first-order chi connectivity index (χ1) is 21.0. The molecule has 44 heavy (non-hydrogen) atoms. The minimum absolute atomic E-state index is 0.0426. The molecule has 0 spiro atoms. The molecule has 11 nitrogen and oxygen atoms in total. The van der Waals surface area contributed by atoms with Crippen molar-refractivity contribution in [3.8, 4) is 0 Å². The summed E-state index contributed by atoms with van der Waals surface area (Å²) >= 11 is 0. The summed E-state index contributed by atoms with van der Waals surface area (Å²) in [5.74, 6) is 0.224. The highest BCUT2D eigenvalue weighted by atomic mass is 19.4. The Labute approximate surface area is 254 Å². The highest BCUT2D eigenvalue weighted by molar-refractivity contribution is 5.79. The Kier molecular flexibility index (Phi) is 11.1. The van der Waals surface area contributed by atoms with Crippen molar-refractivity contribution in [2.45, 2.75) is 65.0 Å². The molecule has 3 fully saturated rings.